The molecule has 0 fully saturated rings. The number of benzene rings is 1. The molecule has 1 heterocycles. The number of aromatic nitrogens is 1. The average molecular weight is 404 g/mol. The highest BCUT2D eigenvalue weighted by Crippen LogP contribution is 2.26. The van der Waals surface area contributed by atoms with E-state index >= 15 is 0 Å². The summed E-state index contributed by atoms with van der Waals surface area (Å²) in [5, 5.41) is 3.24. The molecule has 1 N–H and O–H groups in total. The zero-order valence-electron chi connectivity index (χ0n) is 14.2. The third-order valence-corrected chi connectivity index (χ3v) is 6.76. The van der Waals surface area contributed by atoms with Crippen LogP contribution in [0.5, 0.6) is 0 Å². The van der Waals surface area contributed by atoms with Crippen molar-refractivity contribution < 1.29 is 13.2 Å². The van der Waals surface area contributed by atoms with Crippen LogP contribution in [-0.4, -0.2) is 36.3 Å². The van der Waals surface area contributed by atoms with Crippen LogP contribution >= 0.6 is 23.2 Å². The van der Waals surface area contributed by atoms with Gasteiger partial charge >= 0.3 is 0 Å². The molecule has 0 aliphatic carbocycles. The molecule has 0 aliphatic heterocycles. The molecule has 6 nitrogen and oxygen atoms in total. The summed E-state index contributed by atoms with van der Waals surface area (Å²) in [6.45, 7) is 3.59. The molecule has 0 atom stereocenters. The van der Waals surface area contributed by atoms with Crippen LogP contribution < -0.4 is 5.32 Å². The molecule has 2 rings (SSSR count). The van der Waals surface area contributed by atoms with Crippen molar-refractivity contribution in [2.24, 2.45) is 7.05 Å². The topological polar surface area (TPSA) is 71.4 Å². The lowest BCUT2D eigenvalue weighted by Crippen LogP contribution is -2.33. The van der Waals surface area contributed by atoms with Gasteiger partial charge in [-0.05, 0) is 44.2 Å². The van der Waals surface area contributed by atoms with E-state index in [1.165, 1.54) is 46.3 Å². The van der Waals surface area contributed by atoms with Gasteiger partial charge in [-0.1, -0.05) is 23.2 Å². The highest BCUT2D eigenvalue weighted by atomic mass is 35.5. The molecular weight excluding hydrogens is 385 g/mol. The largest absolute Gasteiger partial charge is 0.329 e. The molecule has 2 aromatic rings. The third-order valence-electron chi connectivity index (χ3n) is 3.87. The average Bonchev–Trinajstić information content (AvgIpc) is 2.82. The monoisotopic (exact) mass is 403 g/mol. The molecule has 9 heteroatoms. The molecular formula is C16H19Cl2N3O3S. The minimum absolute atomic E-state index is 0.156. The highest BCUT2D eigenvalue weighted by molar-refractivity contribution is 7.89. The number of anilines is 1. The summed E-state index contributed by atoms with van der Waals surface area (Å²) in [7, 11) is -0.411. The van der Waals surface area contributed by atoms with Gasteiger partial charge in [-0.3, -0.25) is 4.79 Å². The van der Waals surface area contributed by atoms with Crippen LogP contribution in [0, 0.1) is 0 Å². The lowest BCUT2D eigenvalue weighted by molar-refractivity contribution is 0.101. The van der Waals surface area contributed by atoms with Gasteiger partial charge < -0.3 is 9.88 Å². The Morgan fingerprint density at radius 1 is 1.20 bits per heavy atom. The van der Waals surface area contributed by atoms with E-state index in [9.17, 15) is 13.2 Å². The second-order valence-corrected chi connectivity index (χ2v) is 8.58. The first-order valence-corrected chi connectivity index (χ1v) is 9.65. The summed E-state index contributed by atoms with van der Waals surface area (Å²) >= 11 is 11.9. The Hall–Kier alpha value is -1.54. The fourth-order valence-electron chi connectivity index (χ4n) is 2.11. The normalized spacial score (nSPS) is 12.0. The van der Waals surface area contributed by atoms with Gasteiger partial charge in [0.25, 0.3) is 5.91 Å². The van der Waals surface area contributed by atoms with Crippen LogP contribution in [-0.2, 0) is 17.1 Å². The van der Waals surface area contributed by atoms with Gasteiger partial charge in [0.1, 0.15) is 10.8 Å². The quantitative estimate of drug-likeness (QED) is 0.828. The van der Waals surface area contributed by atoms with Crippen molar-refractivity contribution in [1.82, 2.24) is 8.87 Å². The zero-order chi connectivity index (χ0) is 18.9. The van der Waals surface area contributed by atoms with Gasteiger partial charge in [0, 0.05) is 25.8 Å². The van der Waals surface area contributed by atoms with Gasteiger partial charge in [-0.25, -0.2) is 8.42 Å². The standard InChI is InChI=1S/C16H19Cl2N3O3S/c1-10(2)21(4)25(23,24)12-7-5-11(6-8-12)19-16(22)14-9-13(17)15(18)20(14)3/h5-10H,1-4H3,(H,19,22). The van der Waals surface area contributed by atoms with Gasteiger partial charge in [0.15, 0.2) is 0 Å². The number of rotatable bonds is 5. The number of amides is 1. The number of sulfonamides is 1. The van der Waals surface area contributed by atoms with E-state index in [2.05, 4.69) is 5.32 Å². The van der Waals surface area contributed by atoms with Crippen LogP contribution in [0.25, 0.3) is 0 Å². The van der Waals surface area contributed by atoms with Crippen LogP contribution in [0.15, 0.2) is 35.2 Å². The van der Waals surface area contributed by atoms with E-state index in [0.29, 0.717) is 11.4 Å². The first-order valence-electron chi connectivity index (χ1n) is 7.46. The number of nitrogens with zero attached hydrogens (tertiary/aromatic N) is 2. The van der Waals surface area contributed by atoms with Crippen molar-refractivity contribution in [1.29, 1.82) is 0 Å². The maximum Gasteiger partial charge on any atom is 0.272 e. The summed E-state index contributed by atoms with van der Waals surface area (Å²) in [6, 6.07) is 7.28. The van der Waals surface area contributed by atoms with Crippen molar-refractivity contribution in [3.8, 4) is 0 Å². The molecule has 1 aromatic carbocycles. The van der Waals surface area contributed by atoms with Gasteiger partial charge in [-0.15, -0.1) is 0 Å². The summed E-state index contributed by atoms with van der Waals surface area (Å²) in [5.41, 5.74) is 0.760. The highest BCUT2D eigenvalue weighted by Gasteiger charge is 2.23. The maximum atomic E-state index is 12.4. The number of carbonyl (C=O) groups is 1. The molecule has 136 valence electrons. The Labute approximate surface area is 157 Å². The maximum absolute atomic E-state index is 12.4. The molecule has 0 aliphatic rings. The molecule has 0 bridgehead atoms. The van der Waals surface area contributed by atoms with Crippen LogP contribution in [0.3, 0.4) is 0 Å². The predicted molar refractivity (Wildman–Crippen MR) is 99.9 cm³/mol. The molecule has 0 spiro atoms. The van der Waals surface area contributed by atoms with Crippen LogP contribution in [0.4, 0.5) is 5.69 Å². The minimum atomic E-state index is -3.56. The van der Waals surface area contributed by atoms with E-state index in [-0.39, 0.29) is 21.1 Å². The predicted octanol–water partition coefficient (Wildman–Crippen LogP) is 3.61. The number of hydrogen-bond donors (Lipinski definition) is 1. The minimum Gasteiger partial charge on any atom is -0.329 e. The van der Waals surface area contributed by atoms with Crippen molar-refractivity contribution in [2.75, 3.05) is 12.4 Å². The Bertz CT molecular complexity index is 890. The molecule has 1 amide bonds. The molecule has 1 aromatic heterocycles. The van der Waals surface area contributed by atoms with Crippen LogP contribution in [0.1, 0.15) is 24.3 Å². The molecule has 0 saturated heterocycles. The smallest absolute Gasteiger partial charge is 0.272 e. The fourth-order valence-corrected chi connectivity index (χ4v) is 3.85. The molecule has 0 saturated carbocycles. The second kappa shape index (κ2) is 7.37. The zero-order valence-corrected chi connectivity index (χ0v) is 16.6. The summed E-state index contributed by atoms with van der Waals surface area (Å²) in [4.78, 5) is 12.5. The number of carbonyl (C=O) groups excluding carboxylic acids is 1. The fraction of sp³-hybridized carbons (Fsp3) is 0.312. The summed E-state index contributed by atoms with van der Waals surface area (Å²) in [5.74, 6) is -0.397. The molecule has 0 unspecified atom stereocenters. The van der Waals surface area contributed by atoms with Crippen molar-refractivity contribution in [2.45, 2.75) is 24.8 Å². The van der Waals surface area contributed by atoms with Gasteiger partial charge in [0.2, 0.25) is 10.0 Å². The Morgan fingerprint density at radius 2 is 1.76 bits per heavy atom. The van der Waals surface area contributed by atoms with Crippen molar-refractivity contribution in [3.05, 3.63) is 46.2 Å². The first kappa shape index (κ1) is 19.8. The number of halogens is 2. The van der Waals surface area contributed by atoms with Crippen LogP contribution in [0.2, 0.25) is 10.2 Å². The number of hydrogen-bond acceptors (Lipinski definition) is 3. The molecule has 0 radical (unpaired) electrons. The van der Waals surface area contributed by atoms with E-state index < -0.39 is 15.9 Å². The van der Waals surface area contributed by atoms with E-state index in [4.69, 9.17) is 23.2 Å². The van der Waals surface area contributed by atoms with E-state index in [1.807, 2.05) is 0 Å². The number of nitrogens with one attached hydrogen (secondary N) is 1. The lowest BCUT2D eigenvalue weighted by atomic mass is 10.3. The third kappa shape index (κ3) is 4.00. The second-order valence-electron chi connectivity index (χ2n) is 5.82. The Morgan fingerprint density at radius 3 is 2.20 bits per heavy atom. The first-order chi connectivity index (χ1) is 11.6. The van der Waals surface area contributed by atoms with E-state index in [1.54, 1.807) is 20.9 Å². The summed E-state index contributed by atoms with van der Waals surface area (Å²) < 4.78 is 27.6. The Kier molecular flexibility index (Phi) is 5.83. The van der Waals surface area contributed by atoms with Crippen molar-refractivity contribution >= 4 is 44.8 Å². The van der Waals surface area contributed by atoms with Gasteiger partial charge in [0.05, 0.1) is 9.92 Å². The van der Waals surface area contributed by atoms with Crippen molar-refractivity contribution in [3.63, 3.8) is 0 Å². The molecule has 25 heavy (non-hydrogen) atoms. The summed E-state index contributed by atoms with van der Waals surface area (Å²) in [6.07, 6.45) is 0. The lowest BCUT2D eigenvalue weighted by Gasteiger charge is -2.21. The Balaban J connectivity index is 2.21. The SMILES string of the molecule is CC(C)N(C)S(=O)(=O)c1ccc(NC(=O)c2cc(Cl)c(Cl)n2C)cc1. The van der Waals surface area contributed by atoms with Gasteiger partial charge in [-0.2, -0.15) is 4.31 Å². The van der Waals surface area contributed by atoms with E-state index in [0.717, 1.165) is 0 Å².